The van der Waals surface area contributed by atoms with Crippen molar-refractivity contribution < 1.29 is 0 Å². The van der Waals surface area contributed by atoms with Crippen LogP contribution in [0.15, 0.2) is 23.2 Å². The first-order chi connectivity index (χ1) is 6.13. The van der Waals surface area contributed by atoms with Gasteiger partial charge < -0.3 is 5.32 Å². The minimum absolute atomic E-state index is 1.05. The maximum atomic E-state index is 4.42. The maximum absolute atomic E-state index is 4.42. The predicted molar refractivity (Wildman–Crippen MR) is 59.2 cm³/mol. The highest BCUT2D eigenvalue weighted by Gasteiger charge is 1.96. The molecular formula is C11H16N2. The summed E-state index contributed by atoms with van der Waals surface area (Å²) in [5, 5.41) is 3.10. The standard InChI is InChI=1S/C11H16N2/c1-8(2)13-11-6-5-10(12-4)7-9(11)3/h5-7,12H,1-4H3. The van der Waals surface area contributed by atoms with Crippen molar-refractivity contribution in [3.05, 3.63) is 23.8 Å². The fourth-order valence-corrected chi connectivity index (χ4v) is 1.18. The zero-order valence-corrected chi connectivity index (χ0v) is 8.68. The Kier molecular flexibility index (Phi) is 3.07. The lowest BCUT2D eigenvalue weighted by atomic mass is 10.2. The lowest BCUT2D eigenvalue weighted by Crippen LogP contribution is -1.88. The third-order valence-corrected chi connectivity index (χ3v) is 1.83. The zero-order chi connectivity index (χ0) is 9.84. The minimum atomic E-state index is 1.05. The summed E-state index contributed by atoms with van der Waals surface area (Å²) in [6, 6.07) is 6.17. The molecule has 0 atom stereocenters. The van der Waals surface area contributed by atoms with Gasteiger partial charge in [-0.25, -0.2) is 0 Å². The third-order valence-electron chi connectivity index (χ3n) is 1.83. The summed E-state index contributed by atoms with van der Waals surface area (Å²) in [6.07, 6.45) is 0. The number of aryl methyl sites for hydroxylation is 1. The molecule has 0 radical (unpaired) electrons. The molecule has 0 aromatic heterocycles. The molecular weight excluding hydrogens is 160 g/mol. The molecule has 0 heterocycles. The van der Waals surface area contributed by atoms with Gasteiger partial charge in [-0.2, -0.15) is 0 Å². The quantitative estimate of drug-likeness (QED) is 0.688. The molecule has 0 spiro atoms. The average Bonchev–Trinajstić information content (AvgIpc) is 2.08. The molecule has 1 aromatic carbocycles. The summed E-state index contributed by atoms with van der Waals surface area (Å²) >= 11 is 0. The Hall–Kier alpha value is -1.31. The number of aliphatic imine (C=N–C) groups is 1. The first kappa shape index (κ1) is 9.78. The van der Waals surface area contributed by atoms with Crippen LogP contribution in [0.5, 0.6) is 0 Å². The number of hydrogen-bond donors (Lipinski definition) is 1. The molecule has 0 saturated heterocycles. The predicted octanol–water partition coefficient (Wildman–Crippen LogP) is 3.15. The second-order valence-corrected chi connectivity index (χ2v) is 3.31. The molecule has 0 bridgehead atoms. The van der Waals surface area contributed by atoms with Crippen molar-refractivity contribution in [1.82, 2.24) is 0 Å². The Balaban J connectivity index is 3.05. The molecule has 0 aliphatic carbocycles. The van der Waals surface area contributed by atoms with Gasteiger partial charge in [-0.3, -0.25) is 4.99 Å². The van der Waals surface area contributed by atoms with Crippen LogP contribution in [0.3, 0.4) is 0 Å². The van der Waals surface area contributed by atoms with Crippen molar-refractivity contribution in [2.24, 2.45) is 4.99 Å². The maximum Gasteiger partial charge on any atom is 0.0659 e. The molecule has 1 rings (SSSR count). The highest BCUT2D eigenvalue weighted by Crippen LogP contribution is 2.22. The Labute approximate surface area is 79.7 Å². The first-order valence-electron chi connectivity index (χ1n) is 4.44. The van der Waals surface area contributed by atoms with Crippen LogP contribution in [0.1, 0.15) is 19.4 Å². The number of benzene rings is 1. The molecule has 0 amide bonds. The fourth-order valence-electron chi connectivity index (χ4n) is 1.18. The summed E-state index contributed by atoms with van der Waals surface area (Å²) in [6.45, 7) is 6.08. The smallest absolute Gasteiger partial charge is 0.0659 e. The van der Waals surface area contributed by atoms with Crippen LogP contribution in [0.25, 0.3) is 0 Å². The average molecular weight is 176 g/mol. The van der Waals surface area contributed by atoms with Crippen molar-refractivity contribution in [2.45, 2.75) is 20.8 Å². The molecule has 1 aromatic rings. The van der Waals surface area contributed by atoms with Crippen LogP contribution in [-0.4, -0.2) is 12.8 Å². The van der Waals surface area contributed by atoms with E-state index in [1.165, 1.54) is 5.56 Å². The SMILES string of the molecule is CNc1ccc(N=C(C)C)c(C)c1. The molecule has 0 unspecified atom stereocenters. The normalized spacial score (nSPS) is 9.54. The molecule has 0 aliphatic rings. The van der Waals surface area contributed by atoms with E-state index in [1.807, 2.05) is 33.0 Å². The zero-order valence-electron chi connectivity index (χ0n) is 8.68. The van der Waals surface area contributed by atoms with Gasteiger partial charge in [0.05, 0.1) is 5.69 Å². The monoisotopic (exact) mass is 176 g/mol. The van der Waals surface area contributed by atoms with Gasteiger partial charge in [0, 0.05) is 18.4 Å². The number of anilines is 1. The number of nitrogens with zero attached hydrogens (tertiary/aromatic N) is 1. The number of hydrogen-bond acceptors (Lipinski definition) is 2. The van der Waals surface area contributed by atoms with Crippen LogP contribution in [-0.2, 0) is 0 Å². The van der Waals surface area contributed by atoms with E-state index < -0.39 is 0 Å². The van der Waals surface area contributed by atoms with Crippen molar-refractivity contribution in [3.8, 4) is 0 Å². The summed E-state index contributed by atoms with van der Waals surface area (Å²) in [7, 11) is 1.92. The molecule has 1 N–H and O–H groups in total. The number of nitrogens with one attached hydrogen (secondary N) is 1. The molecule has 2 heteroatoms. The van der Waals surface area contributed by atoms with Crippen LogP contribution < -0.4 is 5.32 Å². The summed E-state index contributed by atoms with van der Waals surface area (Å²) in [5.74, 6) is 0. The minimum Gasteiger partial charge on any atom is -0.388 e. The van der Waals surface area contributed by atoms with E-state index in [4.69, 9.17) is 0 Å². The van der Waals surface area contributed by atoms with E-state index in [0.717, 1.165) is 17.1 Å². The summed E-state index contributed by atoms with van der Waals surface area (Å²) in [4.78, 5) is 4.42. The van der Waals surface area contributed by atoms with E-state index in [1.54, 1.807) is 0 Å². The van der Waals surface area contributed by atoms with Crippen LogP contribution in [0.4, 0.5) is 11.4 Å². The molecule has 0 saturated carbocycles. The lowest BCUT2D eigenvalue weighted by Gasteiger charge is -2.04. The topological polar surface area (TPSA) is 24.4 Å². The first-order valence-corrected chi connectivity index (χ1v) is 4.44. The summed E-state index contributed by atoms with van der Waals surface area (Å²) in [5.41, 5.74) is 4.47. The van der Waals surface area contributed by atoms with Gasteiger partial charge in [0.15, 0.2) is 0 Å². The van der Waals surface area contributed by atoms with Crippen molar-refractivity contribution in [1.29, 1.82) is 0 Å². The van der Waals surface area contributed by atoms with Gasteiger partial charge >= 0.3 is 0 Å². The molecule has 0 fully saturated rings. The van der Waals surface area contributed by atoms with Crippen LogP contribution in [0.2, 0.25) is 0 Å². The van der Waals surface area contributed by atoms with Gasteiger partial charge in [-0.15, -0.1) is 0 Å². The number of rotatable bonds is 2. The van der Waals surface area contributed by atoms with Gasteiger partial charge in [0.1, 0.15) is 0 Å². The van der Waals surface area contributed by atoms with Gasteiger partial charge in [-0.05, 0) is 44.5 Å². The molecule has 13 heavy (non-hydrogen) atoms. The highest BCUT2D eigenvalue weighted by atomic mass is 14.8. The van der Waals surface area contributed by atoms with Crippen molar-refractivity contribution in [2.75, 3.05) is 12.4 Å². The summed E-state index contributed by atoms with van der Waals surface area (Å²) < 4.78 is 0. The van der Waals surface area contributed by atoms with Crippen molar-refractivity contribution >= 4 is 17.1 Å². The van der Waals surface area contributed by atoms with E-state index in [2.05, 4.69) is 23.3 Å². The van der Waals surface area contributed by atoms with Gasteiger partial charge in [0.2, 0.25) is 0 Å². The van der Waals surface area contributed by atoms with E-state index in [0.29, 0.717) is 0 Å². The van der Waals surface area contributed by atoms with Gasteiger partial charge in [0.25, 0.3) is 0 Å². The lowest BCUT2D eigenvalue weighted by molar-refractivity contribution is 1.37. The second kappa shape index (κ2) is 4.08. The molecule has 70 valence electrons. The molecule has 2 nitrogen and oxygen atoms in total. The van der Waals surface area contributed by atoms with Crippen LogP contribution >= 0.6 is 0 Å². The van der Waals surface area contributed by atoms with Crippen LogP contribution in [0, 0.1) is 6.92 Å². The van der Waals surface area contributed by atoms with Gasteiger partial charge in [-0.1, -0.05) is 0 Å². The Morgan fingerprint density at radius 2 is 2.00 bits per heavy atom. The fraction of sp³-hybridized carbons (Fsp3) is 0.364. The Morgan fingerprint density at radius 3 is 2.46 bits per heavy atom. The Bertz CT molecular complexity index is 323. The second-order valence-electron chi connectivity index (χ2n) is 3.31. The largest absolute Gasteiger partial charge is 0.388 e. The van der Waals surface area contributed by atoms with E-state index in [9.17, 15) is 0 Å². The third kappa shape index (κ3) is 2.58. The Morgan fingerprint density at radius 1 is 1.31 bits per heavy atom. The van der Waals surface area contributed by atoms with E-state index >= 15 is 0 Å². The van der Waals surface area contributed by atoms with Crippen molar-refractivity contribution in [3.63, 3.8) is 0 Å². The molecule has 0 aliphatic heterocycles. The van der Waals surface area contributed by atoms with E-state index in [-0.39, 0.29) is 0 Å². The highest BCUT2D eigenvalue weighted by molar-refractivity contribution is 5.82.